The van der Waals surface area contributed by atoms with Crippen LogP contribution >= 0.6 is 11.8 Å². The van der Waals surface area contributed by atoms with Gasteiger partial charge in [0.1, 0.15) is 5.76 Å². The molecule has 146 valence electrons. The molecular formula is C22H24N2O3S. The third-order valence-electron chi connectivity index (χ3n) is 4.47. The summed E-state index contributed by atoms with van der Waals surface area (Å²) in [5.74, 6) is 1.46. The number of hydrogen-bond acceptors (Lipinski definition) is 5. The van der Waals surface area contributed by atoms with Crippen LogP contribution in [-0.2, 0) is 23.6 Å². The molecule has 28 heavy (non-hydrogen) atoms. The normalized spacial score (nSPS) is 10.8. The molecule has 0 bridgehead atoms. The highest BCUT2D eigenvalue weighted by Gasteiger charge is 2.14. The van der Waals surface area contributed by atoms with E-state index in [1.54, 1.807) is 18.9 Å². The van der Waals surface area contributed by atoms with Gasteiger partial charge < -0.3 is 14.6 Å². The first kappa shape index (κ1) is 20.2. The highest BCUT2D eigenvalue weighted by Crippen LogP contribution is 2.28. The van der Waals surface area contributed by atoms with Gasteiger partial charge in [-0.25, -0.2) is 0 Å². The maximum Gasteiger partial charge on any atom is 0.252 e. The Morgan fingerprint density at radius 3 is 2.50 bits per heavy atom. The largest absolute Gasteiger partial charge is 0.380 e. The Morgan fingerprint density at radius 2 is 1.82 bits per heavy atom. The molecule has 0 saturated carbocycles. The van der Waals surface area contributed by atoms with E-state index in [9.17, 15) is 4.79 Å². The molecule has 0 unspecified atom stereocenters. The molecule has 0 aliphatic rings. The molecule has 1 amide bonds. The number of hydrogen-bond donors (Lipinski definition) is 1. The van der Waals surface area contributed by atoms with E-state index in [-0.39, 0.29) is 5.91 Å². The molecule has 1 aromatic heterocycles. The van der Waals surface area contributed by atoms with Crippen molar-refractivity contribution in [3.8, 4) is 0 Å². The highest BCUT2D eigenvalue weighted by atomic mass is 32.2. The molecule has 0 aliphatic carbocycles. The lowest BCUT2D eigenvalue weighted by Gasteiger charge is -2.10. The van der Waals surface area contributed by atoms with E-state index in [2.05, 4.69) is 10.5 Å². The highest BCUT2D eigenvalue weighted by molar-refractivity contribution is 7.98. The summed E-state index contributed by atoms with van der Waals surface area (Å²) in [5, 5.41) is 7.00. The average molecular weight is 397 g/mol. The van der Waals surface area contributed by atoms with Crippen LogP contribution in [0, 0.1) is 13.8 Å². The van der Waals surface area contributed by atoms with Crippen molar-refractivity contribution in [2.75, 3.05) is 7.11 Å². The molecule has 2 aromatic carbocycles. The van der Waals surface area contributed by atoms with Gasteiger partial charge in [0.05, 0.1) is 17.9 Å². The quantitative estimate of drug-likeness (QED) is 0.561. The van der Waals surface area contributed by atoms with Crippen LogP contribution in [0.3, 0.4) is 0 Å². The molecule has 3 aromatic rings. The van der Waals surface area contributed by atoms with E-state index >= 15 is 0 Å². The molecule has 5 nitrogen and oxygen atoms in total. The van der Waals surface area contributed by atoms with Crippen molar-refractivity contribution in [1.82, 2.24) is 10.5 Å². The second kappa shape index (κ2) is 9.57. The van der Waals surface area contributed by atoms with Gasteiger partial charge in [0.15, 0.2) is 0 Å². The van der Waals surface area contributed by atoms with Gasteiger partial charge in [-0.15, -0.1) is 11.8 Å². The van der Waals surface area contributed by atoms with Crippen LogP contribution in [0.5, 0.6) is 0 Å². The topological polar surface area (TPSA) is 64.4 Å². The first-order valence-corrected chi connectivity index (χ1v) is 10.1. The molecule has 0 radical (unpaired) electrons. The third-order valence-corrected chi connectivity index (χ3v) is 5.57. The lowest BCUT2D eigenvalue weighted by Crippen LogP contribution is -2.23. The van der Waals surface area contributed by atoms with Gasteiger partial charge in [-0.1, -0.05) is 41.6 Å². The van der Waals surface area contributed by atoms with Gasteiger partial charge in [-0.05, 0) is 37.1 Å². The lowest BCUT2D eigenvalue weighted by molar-refractivity contribution is 0.0948. The number of amides is 1. The Bertz CT molecular complexity index is 916. The summed E-state index contributed by atoms with van der Waals surface area (Å²) < 4.78 is 10.3. The van der Waals surface area contributed by atoms with Crippen molar-refractivity contribution in [3.05, 3.63) is 82.2 Å². The van der Waals surface area contributed by atoms with E-state index in [1.807, 2.05) is 62.4 Å². The third kappa shape index (κ3) is 5.03. The lowest BCUT2D eigenvalue weighted by atomic mass is 10.1. The zero-order chi connectivity index (χ0) is 19.9. The number of nitrogens with one attached hydrogen (secondary N) is 1. The van der Waals surface area contributed by atoms with Crippen LogP contribution in [0.25, 0.3) is 0 Å². The molecule has 0 fully saturated rings. The predicted octanol–water partition coefficient (Wildman–Crippen LogP) is 4.66. The van der Waals surface area contributed by atoms with Gasteiger partial charge in [0, 0.05) is 29.9 Å². The number of aryl methyl sites for hydroxylation is 2. The smallest absolute Gasteiger partial charge is 0.252 e. The van der Waals surface area contributed by atoms with Crippen molar-refractivity contribution in [2.24, 2.45) is 0 Å². The molecule has 1 heterocycles. The number of rotatable bonds is 8. The SMILES string of the molecule is COCc1ccc(CNC(=O)c2ccccc2SCc2c(C)noc2C)cc1. The number of nitrogens with zero attached hydrogens (tertiary/aromatic N) is 1. The van der Waals surface area contributed by atoms with Crippen molar-refractivity contribution < 1.29 is 14.1 Å². The van der Waals surface area contributed by atoms with Crippen LogP contribution in [0.2, 0.25) is 0 Å². The molecule has 0 aliphatic heterocycles. The number of ether oxygens (including phenoxy) is 1. The van der Waals surface area contributed by atoms with Crippen LogP contribution in [-0.4, -0.2) is 18.2 Å². The number of carbonyl (C=O) groups excluding carboxylic acids is 1. The minimum absolute atomic E-state index is 0.0807. The number of carbonyl (C=O) groups is 1. The average Bonchev–Trinajstić information content (AvgIpc) is 3.03. The number of thioether (sulfide) groups is 1. The summed E-state index contributed by atoms with van der Waals surface area (Å²) in [7, 11) is 1.68. The summed E-state index contributed by atoms with van der Waals surface area (Å²) >= 11 is 1.62. The van der Waals surface area contributed by atoms with Crippen LogP contribution in [0.1, 0.15) is 38.5 Å². The van der Waals surface area contributed by atoms with E-state index in [1.165, 1.54) is 0 Å². The second-order valence-corrected chi connectivity index (χ2v) is 7.54. The summed E-state index contributed by atoms with van der Waals surface area (Å²) in [6.45, 7) is 4.91. The predicted molar refractivity (Wildman–Crippen MR) is 110 cm³/mol. The molecule has 3 rings (SSSR count). The Labute approximate surface area is 169 Å². The Balaban J connectivity index is 1.63. The van der Waals surface area contributed by atoms with Crippen molar-refractivity contribution in [1.29, 1.82) is 0 Å². The van der Waals surface area contributed by atoms with Gasteiger partial charge >= 0.3 is 0 Å². The fraction of sp³-hybridized carbons (Fsp3) is 0.273. The van der Waals surface area contributed by atoms with Gasteiger partial charge in [-0.3, -0.25) is 4.79 Å². The van der Waals surface area contributed by atoms with Crippen molar-refractivity contribution in [2.45, 2.75) is 37.6 Å². The van der Waals surface area contributed by atoms with Crippen LogP contribution < -0.4 is 5.32 Å². The fourth-order valence-corrected chi connectivity index (χ4v) is 4.04. The van der Waals surface area contributed by atoms with E-state index in [0.29, 0.717) is 24.5 Å². The molecular weight excluding hydrogens is 372 g/mol. The monoisotopic (exact) mass is 396 g/mol. The summed E-state index contributed by atoms with van der Waals surface area (Å²) in [6.07, 6.45) is 0. The molecule has 0 atom stereocenters. The van der Waals surface area contributed by atoms with Crippen molar-refractivity contribution >= 4 is 17.7 Å². The summed E-state index contributed by atoms with van der Waals surface area (Å²) in [6, 6.07) is 15.7. The molecule has 0 saturated heterocycles. The zero-order valence-corrected chi connectivity index (χ0v) is 17.1. The van der Waals surface area contributed by atoms with E-state index in [0.717, 1.165) is 33.0 Å². The first-order valence-electron chi connectivity index (χ1n) is 9.07. The fourth-order valence-electron chi connectivity index (χ4n) is 2.84. The maximum absolute atomic E-state index is 12.7. The summed E-state index contributed by atoms with van der Waals surface area (Å²) in [5.41, 5.74) is 4.81. The zero-order valence-electron chi connectivity index (χ0n) is 16.3. The number of benzene rings is 2. The molecule has 1 N–H and O–H groups in total. The molecule has 6 heteroatoms. The maximum atomic E-state index is 12.7. The van der Waals surface area contributed by atoms with Gasteiger partial charge in [-0.2, -0.15) is 0 Å². The Hall–Kier alpha value is -2.57. The number of aromatic nitrogens is 1. The van der Waals surface area contributed by atoms with Gasteiger partial charge in [0.2, 0.25) is 0 Å². The van der Waals surface area contributed by atoms with E-state index < -0.39 is 0 Å². The van der Waals surface area contributed by atoms with E-state index in [4.69, 9.17) is 9.26 Å². The van der Waals surface area contributed by atoms with Crippen LogP contribution in [0.15, 0.2) is 57.9 Å². The minimum atomic E-state index is -0.0807. The summed E-state index contributed by atoms with van der Waals surface area (Å²) in [4.78, 5) is 13.7. The number of methoxy groups -OCH3 is 1. The second-order valence-electron chi connectivity index (χ2n) is 6.52. The Kier molecular flexibility index (Phi) is 6.90. The minimum Gasteiger partial charge on any atom is -0.380 e. The molecule has 0 spiro atoms. The van der Waals surface area contributed by atoms with Crippen molar-refractivity contribution in [3.63, 3.8) is 0 Å². The van der Waals surface area contributed by atoms with Gasteiger partial charge in [0.25, 0.3) is 5.91 Å². The first-order chi connectivity index (χ1) is 13.6. The van der Waals surface area contributed by atoms with Crippen LogP contribution in [0.4, 0.5) is 0 Å². The standard InChI is InChI=1S/C22H24N2O3S/c1-15-20(16(2)27-24-15)14-28-21-7-5-4-6-19(21)22(25)23-12-17-8-10-18(11-9-17)13-26-3/h4-11H,12-14H2,1-3H3,(H,23,25). The Morgan fingerprint density at radius 1 is 1.11 bits per heavy atom.